The summed E-state index contributed by atoms with van der Waals surface area (Å²) in [6.45, 7) is 3.72. The first-order valence-corrected chi connectivity index (χ1v) is 9.71. The Morgan fingerprint density at radius 1 is 0.833 bits per heavy atom. The molecule has 154 valence electrons. The van der Waals surface area contributed by atoms with Crippen LogP contribution in [0.1, 0.15) is 19.4 Å². The first-order valence-electron chi connectivity index (χ1n) is 9.71. The normalized spacial score (nSPS) is 11.3. The largest absolute Gasteiger partial charge is 0.489 e. The van der Waals surface area contributed by atoms with Gasteiger partial charge in [0.1, 0.15) is 18.4 Å². The molecular weight excluding hydrogens is 378 g/mol. The molecule has 0 bridgehead atoms. The van der Waals surface area contributed by atoms with Crippen molar-refractivity contribution in [1.82, 2.24) is 0 Å². The molecule has 3 rings (SSSR count). The second-order valence-electron chi connectivity index (χ2n) is 6.92. The van der Waals surface area contributed by atoms with Gasteiger partial charge in [0, 0.05) is 24.0 Å². The second-order valence-corrected chi connectivity index (χ2v) is 6.92. The minimum atomic E-state index is -0.466. The summed E-state index contributed by atoms with van der Waals surface area (Å²) in [6, 6.07) is 24.0. The van der Waals surface area contributed by atoms with Crippen molar-refractivity contribution >= 4 is 28.9 Å². The van der Waals surface area contributed by atoms with Gasteiger partial charge in [0.2, 0.25) is 11.8 Å². The van der Waals surface area contributed by atoms with Gasteiger partial charge >= 0.3 is 0 Å². The minimum Gasteiger partial charge on any atom is -0.489 e. The topological polar surface area (TPSA) is 79.5 Å². The molecule has 6 heteroatoms. The van der Waals surface area contributed by atoms with Crippen LogP contribution in [0.5, 0.6) is 5.75 Å². The van der Waals surface area contributed by atoms with Crippen molar-refractivity contribution in [2.24, 2.45) is 0 Å². The first kappa shape index (κ1) is 20.9. The fourth-order valence-corrected chi connectivity index (χ4v) is 2.83. The predicted octanol–water partition coefficient (Wildman–Crippen LogP) is 4.66. The lowest BCUT2D eigenvalue weighted by atomic mass is 10.2. The van der Waals surface area contributed by atoms with Crippen LogP contribution in [-0.2, 0) is 16.2 Å². The number of hydrogen-bond donors (Lipinski definition) is 3. The zero-order chi connectivity index (χ0) is 21.3. The molecule has 0 aliphatic heterocycles. The van der Waals surface area contributed by atoms with Crippen LogP contribution in [0.25, 0.3) is 0 Å². The van der Waals surface area contributed by atoms with Crippen LogP contribution in [0.3, 0.4) is 0 Å². The summed E-state index contributed by atoms with van der Waals surface area (Å²) in [5.41, 5.74) is 3.20. The Hall–Kier alpha value is -3.80. The van der Waals surface area contributed by atoms with Crippen LogP contribution in [0.2, 0.25) is 0 Å². The molecule has 3 aromatic rings. The Kier molecular flexibility index (Phi) is 7.05. The maximum Gasteiger partial charge on any atom is 0.246 e. The highest BCUT2D eigenvalue weighted by atomic mass is 16.5. The maximum atomic E-state index is 12.5. The lowest BCUT2D eigenvalue weighted by Crippen LogP contribution is -2.31. The monoisotopic (exact) mass is 403 g/mol. The molecule has 0 spiro atoms. The third-order valence-electron chi connectivity index (χ3n) is 4.33. The third-order valence-corrected chi connectivity index (χ3v) is 4.33. The summed E-state index contributed by atoms with van der Waals surface area (Å²) in [5, 5.41) is 8.74. The molecular formula is C24H25N3O3. The van der Waals surface area contributed by atoms with Crippen LogP contribution in [-0.4, -0.2) is 17.9 Å². The van der Waals surface area contributed by atoms with Gasteiger partial charge in [0.25, 0.3) is 0 Å². The number of nitrogens with one attached hydrogen (secondary N) is 3. The van der Waals surface area contributed by atoms with Gasteiger partial charge in [0.05, 0.1) is 0 Å². The fourth-order valence-electron chi connectivity index (χ4n) is 2.83. The van der Waals surface area contributed by atoms with Gasteiger partial charge in [-0.3, -0.25) is 9.59 Å². The van der Waals surface area contributed by atoms with Crippen LogP contribution in [0.15, 0.2) is 78.9 Å². The average Bonchev–Trinajstić information content (AvgIpc) is 2.74. The molecule has 3 aromatic carbocycles. The van der Waals surface area contributed by atoms with Gasteiger partial charge < -0.3 is 20.7 Å². The SMILES string of the molecule is CC(=O)Nc1cccc(N[C@@H](C)C(=O)Nc2ccc(OCc3ccccc3)cc2)c1. The number of benzene rings is 3. The Labute approximate surface area is 176 Å². The van der Waals surface area contributed by atoms with E-state index >= 15 is 0 Å². The van der Waals surface area contributed by atoms with Gasteiger partial charge in [-0.25, -0.2) is 0 Å². The zero-order valence-electron chi connectivity index (χ0n) is 17.0. The fraction of sp³-hybridized carbons (Fsp3) is 0.167. The summed E-state index contributed by atoms with van der Waals surface area (Å²) in [5.74, 6) is 0.421. The van der Waals surface area contributed by atoms with Gasteiger partial charge in [-0.2, -0.15) is 0 Å². The van der Waals surface area contributed by atoms with Crippen molar-refractivity contribution in [2.45, 2.75) is 26.5 Å². The number of rotatable bonds is 8. The number of anilines is 3. The number of amides is 2. The molecule has 0 saturated heterocycles. The number of carbonyl (C=O) groups is 2. The number of hydrogen-bond acceptors (Lipinski definition) is 4. The van der Waals surface area contributed by atoms with Crippen molar-refractivity contribution in [2.75, 3.05) is 16.0 Å². The molecule has 0 aliphatic carbocycles. The summed E-state index contributed by atoms with van der Waals surface area (Å²) in [6.07, 6.45) is 0. The van der Waals surface area contributed by atoms with Crippen molar-refractivity contribution in [1.29, 1.82) is 0 Å². The second kappa shape index (κ2) is 10.1. The lowest BCUT2D eigenvalue weighted by Gasteiger charge is -2.16. The Bertz CT molecular complexity index is 988. The Morgan fingerprint density at radius 2 is 1.53 bits per heavy atom. The standard InChI is InChI=1S/C24H25N3O3/c1-17(25-21-9-6-10-22(15-21)26-18(2)28)24(29)27-20-11-13-23(14-12-20)30-16-19-7-4-3-5-8-19/h3-15,17,25H,16H2,1-2H3,(H,26,28)(H,27,29)/t17-/m0/s1. The van der Waals surface area contributed by atoms with Crippen LogP contribution < -0.4 is 20.7 Å². The van der Waals surface area contributed by atoms with Crippen molar-refractivity contribution in [3.05, 3.63) is 84.4 Å². The van der Waals surface area contributed by atoms with E-state index in [4.69, 9.17) is 4.74 Å². The molecule has 0 heterocycles. The molecule has 0 aliphatic rings. The summed E-state index contributed by atoms with van der Waals surface area (Å²) in [7, 11) is 0. The van der Waals surface area contributed by atoms with E-state index in [-0.39, 0.29) is 11.8 Å². The van der Waals surface area contributed by atoms with Crippen LogP contribution in [0, 0.1) is 0 Å². The number of ether oxygens (including phenoxy) is 1. The first-order chi connectivity index (χ1) is 14.5. The van der Waals surface area contributed by atoms with Gasteiger partial charge in [-0.05, 0) is 55.0 Å². The molecule has 0 radical (unpaired) electrons. The highest BCUT2D eigenvalue weighted by Crippen LogP contribution is 2.19. The van der Waals surface area contributed by atoms with E-state index in [1.807, 2.05) is 66.7 Å². The molecule has 0 aromatic heterocycles. The van der Waals surface area contributed by atoms with E-state index in [0.29, 0.717) is 18.0 Å². The van der Waals surface area contributed by atoms with Crippen molar-refractivity contribution in [3.8, 4) is 5.75 Å². The quantitative estimate of drug-likeness (QED) is 0.511. The molecule has 0 fully saturated rings. The van der Waals surface area contributed by atoms with Crippen LogP contribution >= 0.6 is 0 Å². The zero-order valence-corrected chi connectivity index (χ0v) is 17.0. The van der Waals surface area contributed by atoms with Crippen LogP contribution in [0.4, 0.5) is 17.1 Å². The van der Waals surface area contributed by atoms with E-state index < -0.39 is 6.04 Å². The van der Waals surface area contributed by atoms with Crippen molar-refractivity contribution < 1.29 is 14.3 Å². The Morgan fingerprint density at radius 3 is 2.23 bits per heavy atom. The van der Waals surface area contributed by atoms with Crippen molar-refractivity contribution in [3.63, 3.8) is 0 Å². The number of carbonyl (C=O) groups excluding carboxylic acids is 2. The van der Waals surface area contributed by atoms with Gasteiger partial charge in [-0.15, -0.1) is 0 Å². The molecule has 6 nitrogen and oxygen atoms in total. The van der Waals surface area contributed by atoms with E-state index in [2.05, 4.69) is 16.0 Å². The molecule has 0 saturated carbocycles. The Balaban J connectivity index is 1.52. The maximum absolute atomic E-state index is 12.5. The lowest BCUT2D eigenvalue weighted by molar-refractivity contribution is -0.116. The van der Waals surface area contributed by atoms with E-state index in [0.717, 1.165) is 17.0 Å². The minimum absolute atomic E-state index is 0.144. The summed E-state index contributed by atoms with van der Waals surface area (Å²) in [4.78, 5) is 23.7. The highest BCUT2D eigenvalue weighted by Gasteiger charge is 2.13. The summed E-state index contributed by atoms with van der Waals surface area (Å²) >= 11 is 0. The van der Waals surface area contributed by atoms with E-state index in [1.54, 1.807) is 19.1 Å². The molecule has 3 N–H and O–H groups in total. The van der Waals surface area contributed by atoms with Gasteiger partial charge in [-0.1, -0.05) is 36.4 Å². The third kappa shape index (κ3) is 6.38. The smallest absolute Gasteiger partial charge is 0.246 e. The van der Waals surface area contributed by atoms with E-state index in [1.165, 1.54) is 6.92 Å². The highest BCUT2D eigenvalue weighted by molar-refractivity contribution is 5.96. The predicted molar refractivity (Wildman–Crippen MR) is 120 cm³/mol. The van der Waals surface area contributed by atoms with E-state index in [9.17, 15) is 9.59 Å². The molecule has 2 amide bonds. The average molecular weight is 403 g/mol. The van der Waals surface area contributed by atoms with Gasteiger partial charge in [0.15, 0.2) is 0 Å². The molecule has 0 unspecified atom stereocenters. The summed E-state index contributed by atoms with van der Waals surface area (Å²) < 4.78 is 5.76. The molecule has 30 heavy (non-hydrogen) atoms. The molecule has 1 atom stereocenters.